The Bertz CT molecular complexity index is 1150. The molecule has 0 aliphatic heterocycles. The third-order valence-electron chi connectivity index (χ3n) is 4.32. The molecule has 0 atom stereocenters. The lowest BCUT2D eigenvalue weighted by molar-refractivity contribution is 0.0988. The van der Waals surface area contributed by atoms with Gasteiger partial charge in [0.2, 0.25) is 0 Å². The van der Waals surface area contributed by atoms with Crippen molar-refractivity contribution in [3.63, 3.8) is 0 Å². The van der Waals surface area contributed by atoms with Crippen LogP contribution in [0.15, 0.2) is 41.6 Å². The number of carbonyl (C=O) groups excluding carboxylic acids is 1. The van der Waals surface area contributed by atoms with Gasteiger partial charge in [-0.15, -0.1) is 0 Å². The molecule has 0 radical (unpaired) electrons. The molecule has 0 saturated heterocycles. The first kappa shape index (κ1) is 20.5. The van der Waals surface area contributed by atoms with Gasteiger partial charge in [-0.05, 0) is 19.1 Å². The Kier molecular flexibility index (Phi) is 5.64. The average Bonchev–Trinajstić information content (AvgIpc) is 2.98. The molecule has 3 aromatic rings. The summed E-state index contributed by atoms with van der Waals surface area (Å²) < 4.78 is 25.9. The zero-order chi connectivity index (χ0) is 21.2. The summed E-state index contributed by atoms with van der Waals surface area (Å²) >= 11 is 0. The number of anilines is 4. The van der Waals surface area contributed by atoms with Gasteiger partial charge in [0, 0.05) is 49.9 Å². The number of rotatable bonds is 7. The highest BCUT2D eigenvalue weighted by molar-refractivity contribution is 7.90. The van der Waals surface area contributed by atoms with Gasteiger partial charge in [0.1, 0.15) is 16.5 Å². The Labute approximate surface area is 169 Å². The number of hydrogen-bond acceptors (Lipinski definition) is 8. The van der Waals surface area contributed by atoms with Gasteiger partial charge in [-0.25, -0.2) is 18.4 Å². The smallest absolute Gasteiger partial charge is 0.179 e. The lowest BCUT2D eigenvalue weighted by Gasteiger charge is -2.14. The van der Waals surface area contributed by atoms with Gasteiger partial charge in [-0.3, -0.25) is 9.48 Å². The van der Waals surface area contributed by atoms with Crippen molar-refractivity contribution < 1.29 is 13.2 Å². The van der Waals surface area contributed by atoms with Crippen LogP contribution in [0.4, 0.5) is 23.1 Å². The van der Waals surface area contributed by atoms with E-state index in [-0.39, 0.29) is 22.9 Å². The van der Waals surface area contributed by atoms with Gasteiger partial charge in [0.15, 0.2) is 21.4 Å². The van der Waals surface area contributed by atoms with Crippen molar-refractivity contribution in [3.8, 4) is 0 Å². The van der Waals surface area contributed by atoms with Crippen molar-refractivity contribution in [1.29, 1.82) is 0 Å². The van der Waals surface area contributed by atoms with E-state index in [1.54, 1.807) is 23.7 Å². The Morgan fingerprint density at radius 2 is 1.93 bits per heavy atom. The molecule has 0 fully saturated rings. The van der Waals surface area contributed by atoms with Crippen LogP contribution in [0.1, 0.15) is 29.4 Å². The molecule has 0 aliphatic carbocycles. The van der Waals surface area contributed by atoms with Crippen LogP contribution >= 0.6 is 0 Å². The fourth-order valence-corrected chi connectivity index (χ4v) is 3.48. The number of nitrogens with zero attached hydrogens (tertiary/aromatic N) is 4. The monoisotopic (exact) mass is 414 g/mol. The maximum absolute atomic E-state index is 12.4. The SMILES string of the molecule is CCC(=O)c1cnc(Nc2cc(C)n(C)n2)cc1Nc1ncccc1S(C)(=O)=O. The molecule has 0 bridgehead atoms. The molecule has 29 heavy (non-hydrogen) atoms. The van der Waals surface area contributed by atoms with E-state index in [2.05, 4.69) is 25.7 Å². The van der Waals surface area contributed by atoms with Crippen LogP contribution in [0.3, 0.4) is 0 Å². The molecule has 9 nitrogen and oxygen atoms in total. The second-order valence-electron chi connectivity index (χ2n) is 6.56. The third kappa shape index (κ3) is 4.60. The number of hydrogen-bond donors (Lipinski definition) is 2. The van der Waals surface area contributed by atoms with Gasteiger partial charge in [0.05, 0.1) is 11.3 Å². The lowest BCUT2D eigenvalue weighted by atomic mass is 10.1. The Hall–Kier alpha value is -3.27. The summed E-state index contributed by atoms with van der Waals surface area (Å²) in [6.45, 7) is 3.67. The topological polar surface area (TPSA) is 119 Å². The lowest BCUT2D eigenvalue weighted by Crippen LogP contribution is -2.09. The van der Waals surface area contributed by atoms with Crippen LogP contribution in [0.2, 0.25) is 0 Å². The first-order valence-electron chi connectivity index (χ1n) is 8.92. The quantitative estimate of drug-likeness (QED) is 0.566. The summed E-state index contributed by atoms with van der Waals surface area (Å²) in [5.74, 6) is 1.07. The maximum atomic E-state index is 12.4. The molecule has 0 spiro atoms. The van der Waals surface area contributed by atoms with Crippen LogP contribution in [-0.2, 0) is 16.9 Å². The minimum atomic E-state index is -3.51. The molecular formula is C19H22N6O3S. The highest BCUT2D eigenvalue weighted by Crippen LogP contribution is 2.28. The fourth-order valence-electron chi connectivity index (χ4n) is 2.70. The molecule has 3 heterocycles. The Balaban J connectivity index is 2.03. The molecule has 0 aliphatic rings. The molecule has 2 N–H and O–H groups in total. The summed E-state index contributed by atoms with van der Waals surface area (Å²) in [4.78, 5) is 20.8. The highest BCUT2D eigenvalue weighted by Gasteiger charge is 2.18. The second kappa shape index (κ2) is 8.00. The predicted octanol–water partition coefficient (Wildman–Crippen LogP) is 3.00. The first-order valence-corrected chi connectivity index (χ1v) is 10.8. The zero-order valence-corrected chi connectivity index (χ0v) is 17.4. The molecule has 0 saturated carbocycles. The van der Waals surface area contributed by atoms with Crippen LogP contribution in [0.5, 0.6) is 0 Å². The van der Waals surface area contributed by atoms with Gasteiger partial charge >= 0.3 is 0 Å². The van der Waals surface area contributed by atoms with E-state index in [1.807, 2.05) is 20.0 Å². The van der Waals surface area contributed by atoms with E-state index < -0.39 is 9.84 Å². The molecule has 0 unspecified atom stereocenters. The van der Waals surface area contributed by atoms with Crippen molar-refractivity contribution in [2.45, 2.75) is 25.2 Å². The van der Waals surface area contributed by atoms with E-state index in [0.29, 0.717) is 22.9 Å². The van der Waals surface area contributed by atoms with Crippen molar-refractivity contribution >= 4 is 38.8 Å². The van der Waals surface area contributed by atoms with E-state index in [1.165, 1.54) is 18.5 Å². The normalized spacial score (nSPS) is 11.3. The molecule has 3 rings (SSSR count). The summed E-state index contributed by atoms with van der Waals surface area (Å²) in [5, 5.41) is 10.4. The van der Waals surface area contributed by atoms with Crippen LogP contribution in [-0.4, -0.2) is 40.2 Å². The van der Waals surface area contributed by atoms with Crippen molar-refractivity contribution in [3.05, 3.63) is 47.9 Å². The second-order valence-corrected chi connectivity index (χ2v) is 8.54. The van der Waals surface area contributed by atoms with Gasteiger partial charge in [0.25, 0.3) is 0 Å². The first-order chi connectivity index (χ1) is 13.7. The zero-order valence-electron chi connectivity index (χ0n) is 16.6. The average molecular weight is 414 g/mol. The molecule has 0 amide bonds. The third-order valence-corrected chi connectivity index (χ3v) is 5.45. The fraction of sp³-hybridized carbons (Fsp3) is 0.263. The van der Waals surface area contributed by atoms with Gasteiger partial charge < -0.3 is 10.6 Å². The highest BCUT2D eigenvalue weighted by atomic mass is 32.2. The molecular weight excluding hydrogens is 392 g/mol. The Morgan fingerprint density at radius 1 is 1.17 bits per heavy atom. The van der Waals surface area contributed by atoms with Crippen molar-refractivity contribution in [2.24, 2.45) is 7.05 Å². The number of nitrogens with one attached hydrogen (secondary N) is 2. The molecule has 3 aromatic heterocycles. The largest absolute Gasteiger partial charge is 0.338 e. The van der Waals surface area contributed by atoms with Crippen molar-refractivity contribution in [1.82, 2.24) is 19.7 Å². The van der Waals surface area contributed by atoms with E-state index >= 15 is 0 Å². The number of aryl methyl sites for hydroxylation is 2. The standard InChI is InChI=1S/C19H22N6O3S/c1-5-15(26)13-11-21-17(23-18-9-12(2)25(3)24-18)10-14(13)22-19-16(29(4,27)28)7-6-8-20-19/h6-11H,5H2,1-4H3,(H2,20,21,22,23,24). The number of carbonyl (C=O) groups is 1. The van der Waals surface area contributed by atoms with E-state index in [4.69, 9.17) is 0 Å². The van der Waals surface area contributed by atoms with E-state index in [9.17, 15) is 13.2 Å². The van der Waals surface area contributed by atoms with Crippen molar-refractivity contribution in [2.75, 3.05) is 16.9 Å². The van der Waals surface area contributed by atoms with Crippen LogP contribution < -0.4 is 10.6 Å². The van der Waals surface area contributed by atoms with Crippen LogP contribution in [0.25, 0.3) is 0 Å². The number of ketones is 1. The summed E-state index contributed by atoms with van der Waals surface area (Å²) in [6.07, 6.45) is 4.32. The summed E-state index contributed by atoms with van der Waals surface area (Å²) in [5.41, 5.74) is 1.72. The number of sulfone groups is 1. The van der Waals surface area contributed by atoms with Gasteiger partial charge in [-0.2, -0.15) is 5.10 Å². The minimum Gasteiger partial charge on any atom is -0.338 e. The summed E-state index contributed by atoms with van der Waals surface area (Å²) in [7, 11) is -1.68. The molecule has 0 aromatic carbocycles. The van der Waals surface area contributed by atoms with E-state index in [0.717, 1.165) is 11.9 Å². The van der Waals surface area contributed by atoms with Crippen LogP contribution in [0, 0.1) is 6.92 Å². The number of pyridine rings is 2. The molecule has 10 heteroatoms. The minimum absolute atomic E-state index is 0.0431. The number of Topliss-reactive ketones (excluding diaryl/α,β-unsaturated/α-hetero) is 1. The molecule has 152 valence electrons. The maximum Gasteiger partial charge on any atom is 0.179 e. The van der Waals surface area contributed by atoms with Gasteiger partial charge in [-0.1, -0.05) is 6.92 Å². The Morgan fingerprint density at radius 3 is 2.55 bits per heavy atom. The number of aromatic nitrogens is 4. The predicted molar refractivity (Wildman–Crippen MR) is 111 cm³/mol. The summed E-state index contributed by atoms with van der Waals surface area (Å²) in [6, 6.07) is 6.50.